The maximum Gasteiger partial charge on any atom is 0.240 e. The quantitative estimate of drug-likeness (QED) is 0.801. The molecule has 2 saturated heterocycles. The molecule has 8 heteroatoms. The lowest BCUT2D eigenvalue weighted by Gasteiger charge is -2.33. The maximum absolute atomic E-state index is 10.3. The summed E-state index contributed by atoms with van der Waals surface area (Å²) in [7, 11) is 1.60. The fourth-order valence-electron chi connectivity index (χ4n) is 3.34. The van der Waals surface area contributed by atoms with Crippen LogP contribution in [0.3, 0.4) is 0 Å². The second-order valence-electron chi connectivity index (χ2n) is 6.26. The van der Waals surface area contributed by atoms with Crippen molar-refractivity contribution < 1.29 is 19.1 Å². The molecule has 0 unspecified atom stereocenters. The van der Waals surface area contributed by atoms with Gasteiger partial charge in [0.1, 0.15) is 6.61 Å². The molecule has 0 amide bonds. The third kappa shape index (κ3) is 4.71. The van der Waals surface area contributed by atoms with Crippen LogP contribution in [0.25, 0.3) is 0 Å². The fraction of sp³-hybridized carbons (Fsp3) is 0.867. The van der Waals surface area contributed by atoms with Crippen LogP contribution in [-0.4, -0.2) is 83.7 Å². The zero-order chi connectivity index (χ0) is 16.1. The van der Waals surface area contributed by atoms with Gasteiger partial charge in [-0.05, 0) is 12.8 Å². The monoisotopic (exact) mass is 326 g/mol. The highest BCUT2D eigenvalue weighted by molar-refractivity contribution is 4.87. The van der Waals surface area contributed by atoms with Crippen LogP contribution in [0, 0.1) is 0 Å². The molecule has 3 heterocycles. The van der Waals surface area contributed by atoms with Crippen LogP contribution < -0.4 is 0 Å². The Labute approximate surface area is 136 Å². The van der Waals surface area contributed by atoms with Crippen molar-refractivity contribution in [3.8, 4) is 0 Å². The summed E-state index contributed by atoms with van der Waals surface area (Å²) in [5, 5.41) is 14.2. The van der Waals surface area contributed by atoms with Gasteiger partial charge in [0.15, 0.2) is 5.82 Å². The highest BCUT2D eigenvalue weighted by Gasteiger charge is 2.28. The fourth-order valence-corrected chi connectivity index (χ4v) is 3.34. The first-order valence-electron chi connectivity index (χ1n) is 8.27. The van der Waals surface area contributed by atoms with Crippen molar-refractivity contribution >= 4 is 0 Å². The molecule has 3 rings (SSSR count). The molecule has 130 valence electrons. The summed E-state index contributed by atoms with van der Waals surface area (Å²) in [6.07, 6.45) is 1.75. The predicted molar refractivity (Wildman–Crippen MR) is 81.7 cm³/mol. The Balaban J connectivity index is 1.54. The summed E-state index contributed by atoms with van der Waals surface area (Å²) in [6.45, 7) is 5.74. The Morgan fingerprint density at radius 3 is 2.87 bits per heavy atom. The molecule has 2 aliphatic heterocycles. The summed E-state index contributed by atoms with van der Waals surface area (Å²) >= 11 is 0. The van der Waals surface area contributed by atoms with Gasteiger partial charge < -0.3 is 19.1 Å². The van der Waals surface area contributed by atoms with Crippen LogP contribution >= 0.6 is 0 Å². The normalized spacial score (nSPS) is 25.6. The van der Waals surface area contributed by atoms with Crippen LogP contribution in [0.5, 0.6) is 0 Å². The number of nitrogens with zero attached hydrogens (tertiary/aromatic N) is 4. The Morgan fingerprint density at radius 2 is 2.09 bits per heavy atom. The van der Waals surface area contributed by atoms with E-state index < -0.39 is 0 Å². The minimum atomic E-state index is -0.360. The van der Waals surface area contributed by atoms with Crippen molar-refractivity contribution in [2.75, 3.05) is 46.5 Å². The lowest BCUT2D eigenvalue weighted by Crippen LogP contribution is -2.43. The molecule has 0 bridgehead atoms. The molecule has 0 saturated carbocycles. The van der Waals surface area contributed by atoms with Gasteiger partial charge in [-0.2, -0.15) is 4.98 Å². The van der Waals surface area contributed by atoms with Crippen molar-refractivity contribution in [1.82, 2.24) is 19.9 Å². The lowest BCUT2D eigenvalue weighted by atomic mass is 10.1. The van der Waals surface area contributed by atoms with Gasteiger partial charge in [0.2, 0.25) is 5.89 Å². The third-order valence-electron chi connectivity index (χ3n) is 4.47. The molecule has 1 N–H and O–H groups in total. The molecule has 0 aliphatic carbocycles. The average Bonchev–Trinajstić information content (AvgIpc) is 2.90. The Hall–Kier alpha value is -1.06. The molecule has 8 nitrogen and oxygen atoms in total. The number of hydrogen-bond acceptors (Lipinski definition) is 8. The van der Waals surface area contributed by atoms with Crippen molar-refractivity contribution in [3.05, 3.63) is 11.7 Å². The summed E-state index contributed by atoms with van der Waals surface area (Å²) in [5.74, 6) is 1.13. The Kier molecular flexibility index (Phi) is 5.96. The van der Waals surface area contributed by atoms with Crippen LogP contribution in [0.2, 0.25) is 0 Å². The zero-order valence-corrected chi connectivity index (χ0v) is 13.7. The molecule has 2 fully saturated rings. The highest BCUT2D eigenvalue weighted by Crippen LogP contribution is 2.17. The molecule has 2 aliphatic rings. The number of aliphatic hydroxyl groups excluding tert-OH is 1. The minimum Gasteiger partial charge on any atom is -0.390 e. The summed E-state index contributed by atoms with van der Waals surface area (Å²) < 4.78 is 15.7. The van der Waals surface area contributed by atoms with E-state index in [1.54, 1.807) is 7.11 Å². The maximum atomic E-state index is 10.3. The van der Waals surface area contributed by atoms with Gasteiger partial charge >= 0.3 is 0 Å². The predicted octanol–water partition coefficient (Wildman–Crippen LogP) is -0.126. The number of β-amino-alcohol motifs (C(OH)–C–C–N with tert-alkyl or cyclic N) is 1. The van der Waals surface area contributed by atoms with E-state index in [9.17, 15) is 5.11 Å². The zero-order valence-electron chi connectivity index (χ0n) is 13.7. The van der Waals surface area contributed by atoms with Crippen molar-refractivity contribution in [2.24, 2.45) is 0 Å². The minimum absolute atomic E-state index is 0.351. The molecule has 0 spiro atoms. The van der Waals surface area contributed by atoms with E-state index >= 15 is 0 Å². The largest absolute Gasteiger partial charge is 0.390 e. The standard InChI is InChI=1S/C15H26N4O4/c1-21-11-14-16-15(23-17-14)10-18-4-5-19(9-13(20)8-18)12-2-6-22-7-3-12/h12-13,20H,2-11H2,1H3/t13-/m1/s1. The van der Waals surface area contributed by atoms with Crippen LogP contribution in [0.15, 0.2) is 4.52 Å². The number of aromatic nitrogens is 2. The van der Waals surface area contributed by atoms with E-state index in [0.717, 1.165) is 45.7 Å². The van der Waals surface area contributed by atoms with Crippen LogP contribution in [-0.2, 0) is 22.6 Å². The molecule has 1 atom stereocenters. The van der Waals surface area contributed by atoms with Crippen LogP contribution in [0.1, 0.15) is 24.6 Å². The molecule has 23 heavy (non-hydrogen) atoms. The smallest absolute Gasteiger partial charge is 0.240 e. The number of hydrogen-bond donors (Lipinski definition) is 1. The number of ether oxygens (including phenoxy) is 2. The summed E-state index contributed by atoms with van der Waals surface area (Å²) in [5.41, 5.74) is 0. The van der Waals surface area contributed by atoms with E-state index in [-0.39, 0.29) is 6.10 Å². The molecular weight excluding hydrogens is 300 g/mol. The van der Waals surface area contributed by atoms with Gasteiger partial charge in [-0.25, -0.2) is 0 Å². The number of methoxy groups -OCH3 is 1. The molecule has 1 aromatic rings. The molecule has 1 aromatic heterocycles. The van der Waals surface area contributed by atoms with Gasteiger partial charge in [0.25, 0.3) is 0 Å². The van der Waals surface area contributed by atoms with E-state index in [0.29, 0.717) is 37.5 Å². The molecular formula is C15H26N4O4. The first kappa shape index (κ1) is 16.8. The van der Waals surface area contributed by atoms with Gasteiger partial charge in [-0.15, -0.1) is 0 Å². The molecule has 0 radical (unpaired) electrons. The van der Waals surface area contributed by atoms with Crippen molar-refractivity contribution in [3.63, 3.8) is 0 Å². The van der Waals surface area contributed by atoms with E-state index in [4.69, 9.17) is 14.0 Å². The van der Waals surface area contributed by atoms with Crippen molar-refractivity contribution in [2.45, 2.75) is 38.1 Å². The second kappa shape index (κ2) is 8.16. The highest BCUT2D eigenvalue weighted by atomic mass is 16.5. The van der Waals surface area contributed by atoms with E-state index in [2.05, 4.69) is 19.9 Å². The SMILES string of the molecule is COCc1noc(CN2CCN(C3CCOCC3)C[C@H](O)C2)n1. The number of aliphatic hydroxyl groups is 1. The van der Waals surface area contributed by atoms with Gasteiger partial charge in [0.05, 0.1) is 12.6 Å². The van der Waals surface area contributed by atoms with Gasteiger partial charge in [0, 0.05) is 52.5 Å². The topological polar surface area (TPSA) is 84.1 Å². The second-order valence-corrected chi connectivity index (χ2v) is 6.26. The number of rotatable bonds is 5. The summed E-state index contributed by atoms with van der Waals surface area (Å²) in [6, 6.07) is 0.523. The van der Waals surface area contributed by atoms with Gasteiger partial charge in [-0.3, -0.25) is 9.80 Å². The Bertz CT molecular complexity index is 478. The Morgan fingerprint density at radius 1 is 1.26 bits per heavy atom. The van der Waals surface area contributed by atoms with Gasteiger partial charge in [-0.1, -0.05) is 5.16 Å². The van der Waals surface area contributed by atoms with Crippen LogP contribution in [0.4, 0.5) is 0 Å². The average molecular weight is 326 g/mol. The van der Waals surface area contributed by atoms with E-state index in [1.165, 1.54) is 0 Å². The van der Waals surface area contributed by atoms with E-state index in [1.807, 2.05) is 0 Å². The summed E-state index contributed by atoms with van der Waals surface area (Å²) in [4.78, 5) is 8.88. The molecule has 0 aromatic carbocycles. The first-order valence-corrected chi connectivity index (χ1v) is 8.27. The van der Waals surface area contributed by atoms with Crippen molar-refractivity contribution in [1.29, 1.82) is 0 Å². The first-order chi connectivity index (χ1) is 11.2. The lowest BCUT2D eigenvalue weighted by molar-refractivity contribution is 0.0217. The third-order valence-corrected chi connectivity index (χ3v) is 4.47.